The van der Waals surface area contributed by atoms with E-state index in [9.17, 15) is 9.59 Å². The Morgan fingerprint density at radius 1 is 1.24 bits per heavy atom. The third-order valence-electron chi connectivity index (χ3n) is 4.82. The molecule has 1 aliphatic rings. The van der Waals surface area contributed by atoms with Crippen molar-refractivity contribution >= 4 is 23.3 Å². The zero-order valence-corrected chi connectivity index (χ0v) is 17.7. The second-order valence-electron chi connectivity index (χ2n) is 7.19. The Morgan fingerprint density at radius 3 is 2.66 bits per heavy atom. The molecule has 7 nitrogen and oxygen atoms in total. The lowest BCUT2D eigenvalue weighted by Crippen LogP contribution is -2.31. The zero-order valence-electron chi connectivity index (χ0n) is 17.0. The molecule has 0 saturated carbocycles. The number of esters is 1. The predicted molar refractivity (Wildman–Crippen MR) is 112 cm³/mol. The smallest absolute Gasteiger partial charge is 0.343 e. The van der Waals surface area contributed by atoms with Crippen molar-refractivity contribution in [3.05, 3.63) is 45.2 Å². The first-order chi connectivity index (χ1) is 13.9. The average Bonchev–Trinajstić information content (AvgIpc) is 2.70. The summed E-state index contributed by atoms with van der Waals surface area (Å²) >= 11 is 6.44. The number of carbonyl (C=O) groups excluding carboxylic acids is 1. The van der Waals surface area contributed by atoms with Crippen LogP contribution in [0.1, 0.15) is 36.8 Å². The SMILES string of the molecule is COCCCOc1cc2c(cc1Cl)-c1cc(=O)c(C(=O)OC)cn1C(C(C)C)N2. The fourth-order valence-electron chi connectivity index (χ4n) is 3.36. The minimum absolute atomic E-state index is 0.00339. The summed E-state index contributed by atoms with van der Waals surface area (Å²) in [6, 6.07) is 5.08. The van der Waals surface area contributed by atoms with E-state index in [1.807, 2.05) is 10.6 Å². The van der Waals surface area contributed by atoms with E-state index in [-0.39, 0.29) is 17.6 Å². The lowest BCUT2D eigenvalue weighted by atomic mass is 10.00. The van der Waals surface area contributed by atoms with Crippen LogP contribution in [0, 0.1) is 5.92 Å². The van der Waals surface area contributed by atoms with Gasteiger partial charge in [0.2, 0.25) is 0 Å². The summed E-state index contributed by atoms with van der Waals surface area (Å²) in [5.41, 5.74) is 1.87. The van der Waals surface area contributed by atoms with Crippen LogP contribution in [0.2, 0.25) is 5.02 Å². The van der Waals surface area contributed by atoms with Crippen molar-refractivity contribution in [2.75, 3.05) is 32.8 Å². The van der Waals surface area contributed by atoms with E-state index >= 15 is 0 Å². The number of methoxy groups -OCH3 is 2. The maximum atomic E-state index is 12.5. The normalized spacial score (nSPS) is 14.8. The number of rotatable bonds is 7. The fourth-order valence-corrected chi connectivity index (χ4v) is 3.57. The van der Waals surface area contributed by atoms with E-state index in [2.05, 4.69) is 19.2 Å². The predicted octanol–water partition coefficient (Wildman–Crippen LogP) is 3.95. The highest BCUT2D eigenvalue weighted by atomic mass is 35.5. The Balaban J connectivity index is 2.07. The Kier molecular flexibility index (Phi) is 6.49. The van der Waals surface area contributed by atoms with E-state index in [0.717, 1.165) is 17.7 Å². The molecule has 0 radical (unpaired) electrons. The van der Waals surface area contributed by atoms with Crippen molar-refractivity contribution in [2.24, 2.45) is 5.92 Å². The molecule has 2 aromatic rings. The Bertz CT molecular complexity index is 970. The fraction of sp³-hybridized carbons (Fsp3) is 0.429. The molecule has 1 aromatic heterocycles. The first-order valence-corrected chi connectivity index (χ1v) is 9.81. The van der Waals surface area contributed by atoms with Gasteiger partial charge < -0.3 is 24.1 Å². The minimum Gasteiger partial charge on any atom is -0.492 e. The number of hydrogen-bond donors (Lipinski definition) is 1. The zero-order chi connectivity index (χ0) is 21.1. The van der Waals surface area contributed by atoms with Crippen LogP contribution < -0.4 is 15.5 Å². The van der Waals surface area contributed by atoms with E-state index in [4.69, 9.17) is 25.8 Å². The molecule has 156 valence electrons. The highest BCUT2D eigenvalue weighted by Crippen LogP contribution is 2.42. The summed E-state index contributed by atoms with van der Waals surface area (Å²) in [7, 11) is 2.90. The van der Waals surface area contributed by atoms with Gasteiger partial charge in [0, 0.05) is 49.7 Å². The summed E-state index contributed by atoms with van der Waals surface area (Å²) < 4.78 is 17.5. The Morgan fingerprint density at radius 2 is 2.00 bits per heavy atom. The van der Waals surface area contributed by atoms with Crippen LogP contribution in [0.3, 0.4) is 0 Å². The average molecular weight is 421 g/mol. The number of ether oxygens (including phenoxy) is 3. The Labute approximate surface area is 174 Å². The topological polar surface area (TPSA) is 78.8 Å². The van der Waals surface area contributed by atoms with Gasteiger partial charge in [0.1, 0.15) is 17.5 Å². The number of anilines is 1. The molecule has 1 aromatic carbocycles. The molecule has 0 fully saturated rings. The number of nitrogens with one attached hydrogen (secondary N) is 1. The largest absolute Gasteiger partial charge is 0.492 e. The molecule has 2 heterocycles. The lowest BCUT2D eigenvalue weighted by molar-refractivity contribution is 0.0598. The van der Waals surface area contributed by atoms with Gasteiger partial charge in [-0.25, -0.2) is 4.79 Å². The van der Waals surface area contributed by atoms with E-state index in [1.165, 1.54) is 13.2 Å². The molecule has 0 saturated heterocycles. The third-order valence-corrected chi connectivity index (χ3v) is 5.11. The number of fused-ring (bicyclic) bond motifs is 3. The molecule has 0 aliphatic carbocycles. The number of benzene rings is 1. The summed E-state index contributed by atoms with van der Waals surface area (Å²) in [6.45, 7) is 5.20. The van der Waals surface area contributed by atoms with Gasteiger partial charge in [-0.15, -0.1) is 0 Å². The second kappa shape index (κ2) is 8.88. The molecule has 3 rings (SSSR count). The number of pyridine rings is 1. The summed E-state index contributed by atoms with van der Waals surface area (Å²) in [4.78, 5) is 24.5. The van der Waals surface area contributed by atoms with E-state index < -0.39 is 11.4 Å². The molecule has 8 heteroatoms. The number of aromatic nitrogens is 1. The van der Waals surface area contributed by atoms with Crippen LogP contribution in [0.15, 0.2) is 29.2 Å². The van der Waals surface area contributed by atoms with Gasteiger partial charge in [-0.3, -0.25) is 4.79 Å². The van der Waals surface area contributed by atoms with Gasteiger partial charge in [0.15, 0.2) is 5.43 Å². The molecular formula is C21H25ClN2O5. The van der Waals surface area contributed by atoms with Crippen LogP contribution in [0.5, 0.6) is 5.75 Å². The van der Waals surface area contributed by atoms with Crippen LogP contribution in [0.4, 0.5) is 5.69 Å². The minimum atomic E-state index is -0.656. The highest BCUT2D eigenvalue weighted by molar-refractivity contribution is 6.32. The van der Waals surface area contributed by atoms with Crippen molar-refractivity contribution < 1.29 is 19.0 Å². The maximum absolute atomic E-state index is 12.5. The van der Waals surface area contributed by atoms with Crippen molar-refractivity contribution in [2.45, 2.75) is 26.4 Å². The van der Waals surface area contributed by atoms with E-state index in [0.29, 0.717) is 29.7 Å². The van der Waals surface area contributed by atoms with Crippen LogP contribution in [-0.2, 0) is 9.47 Å². The monoisotopic (exact) mass is 420 g/mol. The van der Waals surface area contributed by atoms with Gasteiger partial charge >= 0.3 is 5.97 Å². The van der Waals surface area contributed by atoms with Gasteiger partial charge in [-0.2, -0.15) is 0 Å². The van der Waals surface area contributed by atoms with Gasteiger partial charge in [0.05, 0.1) is 24.4 Å². The number of nitrogens with zero attached hydrogens (tertiary/aromatic N) is 1. The molecule has 1 atom stereocenters. The Hall–Kier alpha value is -2.51. The van der Waals surface area contributed by atoms with Gasteiger partial charge in [0.25, 0.3) is 0 Å². The summed E-state index contributed by atoms with van der Waals surface area (Å²) in [6.07, 6.45) is 2.14. The molecule has 1 unspecified atom stereocenters. The quantitative estimate of drug-likeness (QED) is 0.539. The second-order valence-corrected chi connectivity index (χ2v) is 7.60. The molecule has 1 aliphatic heterocycles. The van der Waals surface area contributed by atoms with Crippen LogP contribution in [0.25, 0.3) is 11.3 Å². The standard InChI is InChI=1S/C21H25ClN2O5/c1-12(2)20-23-16-9-19(29-7-5-6-27-3)15(22)8-13(16)17-10-18(25)14(11-24(17)20)21(26)28-4/h8-12,20,23H,5-7H2,1-4H3. The van der Waals surface area contributed by atoms with Crippen molar-refractivity contribution in [1.29, 1.82) is 0 Å². The van der Waals surface area contributed by atoms with Crippen LogP contribution >= 0.6 is 11.6 Å². The van der Waals surface area contributed by atoms with E-state index in [1.54, 1.807) is 19.4 Å². The number of hydrogen-bond acceptors (Lipinski definition) is 6. The first kappa shape index (κ1) is 21.2. The molecule has 1 N–H and O–H groups in total. The molecule has 0 spiro atoms. The summed E-state index contributed by atoms with van der Waals surface area (Å²) in [5.74, 6) is 0.0894. The van der Waals surface area contributed by atoms with Crippen molar-refractivity contribution in [1.82, 2.24) is 4.57 Å². The summed E-state index contributed by atoms with van der Waals surface area (Å²) in [5, 5.41) is 3.92. The number of halogens is 1. The molecule has 0 amide bonds. The first-order valence-electron chi connectivity index (χ1n) is 9.44. The van der Waals surface area contributed by atoms with Crippen molar-refractivity contribution in [3.8, 4) is 17.0 Å². The molecule has 0 bridgehead atoms. The van der Waals surface area contributed by atoms with Gasteiger partial charge in [-0.1, -0.05) is 25.4 Å². The maximum Gasteiger partial charge on any atom is 0.343 e. The highest BCUT2D eigenvalue weighted by Gasteiger charge is 2.28. The number of carbonyl (C=O) groups is 1. The third kappa shape index (κ3) is 4.26. The van der Waals surface area contributed by atoms with Gasteiger partial charge in [-0.05, 0) is 12.0 Å². The van der Waals surface area contributed by atoms with Crippen molar-refractivity contribution in [3.63, 3.8) is 0 Å². The van der Waals surface area contributed by atoms with Crippen LogP contribution in [-0.4, -0.2) is 38.0 Å². The lowest BCUT2D eigenvalue weighted by Gasteiger charge is -2.35. The molecule has 29 heavy (non-hydrogen) atoms. The molecular weight excluding hydrogens is 396 g/mol.